The number of halogens is 2. The number of nitrogens with zero attached hydrogens (tertiary/aromatic N) is 3. The summed E-state index contributed by atoms with van der Waals surface area (Å²) in [6.45, 7) is 13.1. The van der Waals surface area contributed by atoms with Crippen molar-refractivity contribution in [3.8, 4) is 39.4 Å². The summed E-state index contributed by atoms with van der Waals surface area (Å²) in [5.41, 5.74) is 5.98. The zero-order chi connectivity index (χ0) is 34.2. The lowest BCUT2D eigenvalue weighted by atomic mass is 9.79. The second-order valence-corrected chi connectivity index (χ2v) is 14.1. The number of phenols is 1. The number of pyridine rings is 2. The molecule has 2 heterocycles. The molecular formula is C42H39F2N3O. The summed E-state index contributed by atoms with van der Waals surface area (Å²) in [6.07, 6.45) is 1.63. The molecule has 0 aliphatic rings. The Morgan fingerprint density at radius 1 is 0.583 bits per heavy atom. The number of hydrogen-bond acceptors (Lipinski definition) is 4. The smallest absolute Gasteiger partial charge is 0.150 e. The molecule has 0 aliphatic carbocycles. The molecular weight excluding hydrogens is 600 g/mol. The first-order valence-electron chi connectivity index (χ1n) is 16.0. The summed E-state index contributed by atoms with van der Waals surface area (Å²) in [4.78, 5) is 11.0. The van der Waals surface area contributed by atoms with E-state index < -0.39 is 11.6 Å². The van der Waals surface area contributed by atoms with Gasteiger partial charge in [0.1, 0.15) is 23.2 Å². The number of rotatable bonds is 6. The maximum Gasteiger partial charge on any atom is 0.150 e. The molecule has 4 nitrogen and oxygen atoms in total. The van der Waals surface area contributed by atoms with Gasteiger partial charge in [0, 0.05) is 29.1 Å². The Hall–Kier alpha value is -5.36. The highest BCUT2D eigenvalue weighted by Gasteiger charge is 2.24. The summed E-state index contributed by atoms with van der Waals surface area (Å²) < 4.78 is 31.9. The second kappa shape index (κ2) is 12.7. The van der Waals surface area contributed by atoms with Crippen molar-refractivity contribution in [3.05, 3.63) is 144 Å². The lowest BCUT2D eigenvalue weighted by Crippen LogP contribution is -2.16. The van der Waals surface area contributed by atoms with Crippen molar-refractivity contribution in [3.63, 3.8) is 0 Å². The van der Waals surface area contributed by atoms with Gasteiger partial charge >= 0.3 is 0 Å². The average molecular weight is 640 g/mol. The molecule has 242 valence electrons. The highest BCUT2D eigenvalue weighted by molar-refractivity contribution is 5.82. The molecule has 48 heavy (non-hydrogen) atoms. The highest BCUT2D eigenvalue weighted by atomic mass is 19.1. The Morgan fingerprint density at radius 2 is 1.17 bits per heavy atom. The summed E-state index contributed by atoms with van der Waals surface area (Å²) in [5.74, 6) is -0.962. The Bertz CT molecular complexity index is 2010. The zero-order valence-corrected chi connectivity index (χ0v) is 28.1. The molecule has 0 radical (unpaired) electrons. The van der Waals surface area contributed by atoms with Crippen LogP contribution in [0.2, 0.25) is 0 Å². The van der Waals surface area contributed by atoms with Crippen LogP contribution in [0, 0.1) is 11.6 Å². The lowest BCUT2D eigenvalue weighted by Gasteiger charge is -2.26. The van der Waals surface area contributed by atoms with Crippen molar-refractivity contribution < 1.29 is 13.9 Å². The third-order valence-corrected chi connectivity index (χ3v) is 8.45. The van der Waals surface area contributed by atoms with Gasteiger partial charge in [-0.25, -0.2) is 18.7 Å². The van der Waals surface area contributed by atoms with Crippen molar-refractivity contribution in [2.75, 3.05) is 4.90 Å². The Morgan fingerprint density at radius 3 is 1.77 bits per heavy atom. The summed E-state index contributed by atoms with van der Waals surface area (Å²) in [5, 5.41) is 10.9. The van der Waals surface area contributed by atoms with Gasteiger partial charge in [0.05, 0.1) is 17.1 Å². The van der Waals surface area contributed by atoms with E-state index in [2.05, 4.69) is 64.7 Å². The number of aromatic nitrogens is 2. The standard InChI is InChI=1S/C42H39F2N3O/c1-41(2,3)29-20-27(21-30(24-29)42(4,5)6)28-22-36(32-16-10-11-17-39(32)48)46-37(23-28)33-25-38(35(44)26-34(33)43)47(31-14-8-7-9-15-31)40-18-12-13-19-45-40/h7-26,48H,1-6H3. The first-order valence-corrected chi connectivity index (χ1v) is 16.0. The van der Waals surface area contributed by atoms with Gasteiger partial charge < -0.3 is 5.11 Å². The maximum absolute atomic E-state index is 16.0. The molecule has 0 fully saturated rings. The lowest BCUT2D eigenvalue weighted by molar-refractivity contribution is 0.477. The fourth-order valence-corrected chi connectivity index (χ4v) is 5.69. The fourth-order valence-electron chi connectivity index (χ4n) is 5.69. The Labute approximate surface area is 281 Å². The first kappa shape index (κ1) is 32.6. The SMILES string of the molecule is CC(C)(C)c1cc(-c2cc(-c3ccccc3O)nc(-c3cc(N(c4ccccc4)c4ccccn4)c(F)cc3F)c2)cc(C(C)(C)C)c1. The van der Waals surface area contributed by atoms with E-state index in [4.69, 9.17) is 4.98 Å². The number of benzene rings is 4. The van der Waals surface area contributed by atoms with Crippen molar-refractivity contribution in [1.82, 2.24) is 9.97 Å². The van der Waals surface area contributed by atoms with Crippen LogP contribution in [0.5, 0.6) is 5.75 Å². The van der Waals surface area contributed by atoms with Gasteiger partial charge in [-0.05, 0) is 87.7 Å². The molecule has 6 aromatic rings. The van der Waals surface area contributed by atoms with Crippen LogP contribution in [-0.2, 0) is 10.8 Å². The minimum absolute atomic E-state index is 0.0533. The molecule has 2 aromatic heterocycles. The molecule has 6 heteroatoms. The van der Waals surface area contributed by atoms with E-state index in [1.807, 2.05) is 54.6 Å². The summed E-state index contributed by atoms with van der Waals surface area (Å²) in [6, 6.07) is 34.3. The van der Waals surface area contributed by atoms with Crippen LogP contribution >= 0.6 is 0 Å². The van der Waals surface area contributed by atoms with Gasteiger partial charge in [0.25, 0.3) is 0 Å². The third-order valence-electron chi connectivity index (χ3n) is 8.45. The van der Waals surface area contributed by atoms with Crippen LogP contribution < -0.4 is 4.90 Å². The van der Waals surface area contributed by atoms with Crippen molar-refractivity contribution in [2.24, 2.45) is 0 Å². The van der Waals surface area contributed by atoms with Crippen molar-refractivity contribution in [1.29, 1.82) is 0 Å². The van der Waals surface area contributed by atoms with Crippen molar-refractivity contribution >= 4 is 17.2 Å². The topological polar surface area (TPSA) is 49.3 Å². The van der Waals surface area contributed by atoms with Gasteiger partial charge in [-0.2, -0.15) is 0 Å². The predicted molar refractivity (Wildman–Crippen MR) is 192 cm³/mol. The van der Waals surface area contributed by atoms with E-state index in [1.54, 1.807) is 41.4 Å². The second-order valence-electron chi connectivity index (χ2n) is 14.1. The number of para-hydroxylation sites is 2. The molecule has 0 saturated heterocycles. The number of hydrogen-bond donors (Lipinski definition) is 1. The van der Waals surface area contributed by atoms with Crippen LogP contribution in [0.3, 0.4) is 0 Å². The van der Waals surface area contributed by atoms with E-state index in [0.29, 0.717) is 28.5 Å². The largest absolute Gasteiger partial charge is 0.507 e. The molecule has 0 aliphatic heterocycles. The minimum Gasteiger partial charge on any atom is -0.507 e. The van der Waals surface area contributed by atoms with Crippen LogP contribution in [0.25, 0.3) is 33.6 Å². The highest BCUT2D eigenvalue weighted by Crippen LogP contribution is 2.41. The molecule has 0 saturated carbocycles. The van der Waals surface area contributed by atoms with E-state index in [0.717, 1.165) is 28.3 Å². The molecule has 1 N–H and O–H groups in total. The van der Waals surface area contributed by atoms with E-state index in [-0.39, 0.29) is 27.8 Å². The van der Waals surface area contributed by atoms with E-state index in [9.17, 15) is 5.11 Å². The molecule has 0 amide bonds. The van der Waals surface area contributed by atoms with E-state index >= 15 is 8.78 Å². The molecule has 0 atom stereocenters. The monoisotopic (exact) mass is 639 g/mol. The third kappa shape index (κ3) is 6.70. The Kier molecular flexibility index (Phi) is 8.61. The minimum atomic E-state index is -0.753. The fraction of sp³-hybridized carbons (Fsp3) is 0.190. The van der Waals surface area contributed by atoms with Crippen LogP contribution in [0.15, 0.2) is 121 Å². The van der Waals surface area contributed by atoms with Crippen LogP contribution in [-0.4, -0.2) is 15.1 Å². The average Bonchev–Trinajstić information content (AvgIpc) is 3.06. The maximum atomic E-state index is 16.0. The van der Waals surface area contributed by atoms with Crippen LogP contribution in [0.4, 0.5) is 26.0 Å². The van der Waals surface area contributed by atoms with E-state index in [1.165, 1.54) is 6.07 Å². The quantitative estimate of drug-likeness (QED) is 0.197. The summed E-state index contributed by atoms with van der Waals surface area (Å²) in [7, 11) is 0. The molecule has 0 spiro atoms. The van der Waals surface area contributed by atoms with Gasteiger partial charge in [-0.3, -0.25) is 4.90 Å². The Balaban J connectivity index is 1.62. The van der Waals surface area contributed by atoms with Gasteiger partial charge in [-0.1, -0.05) is 96.1 Å². The number of phenolic OH excluding ortho intramolecular Hbond substituents is 1. The van der Waals surface area contributed by atoms with Crippen molar-refractivity contribution in [2.45, 2.75) is 52.4 Å². The zero-order valence-electron chi connectivity index (χ0n) is 28.1. The summed E-state index contributed by atoms with van der Waals surface area (Å²) >= 11 is 0. The number of anilines is 3. The van der Waals surface area contributed by atoms with Gasteiger partial charge in [0.15, 0.2) is 0 Å². The molecule has 4 aromatic carbocycles. The van der Waals surface area contributed by atoms with Gasteiger partial charge in [0.2, 0.25) is 0 Å². The number of aromatic hydroxyl groups is 1. The van der Waals surface area contributed by atoms with Gasteiger partial charge in [-0.15, -0.1) is 0 Å². The van der Waals surface area contributed by atoms with Crippen LogP contribution in [0.1, 0.15) is 52.7 Å². The molecule has 0 unspecified atom stereocenters. The molecule has 0 bridgehead atoms. The first-order chi connectivity index (χ1) is 22.8. The molecule has 6 rings (SSSR count). The predicted octanol–water partition coefficient (Wildman–Crippen LogP) is 11.5. The normalized spacial score (nSPS) is 11.8.